The molecule has 2 rings (SSSR count). The minimum atomic E-state index is 0.557. The molecular formula is C15H19ClN2S. The lowest BCUT2D eigenvalue weighted by Gasteiger charge is -1.93. The molecule has 0 radical (unpaired) electrons. The van der Waals surface area contributed by atoms with Gasteiger partial charge in [0.05, 0.1) is 0 Å². The molecule has 0 spiro atoms. The zero-order chi connectivity index (χ0) is 13.7. The summed E-state index contributed by atoms with van der Waals surface area (Å²) in [7, 11) is 0. The molecule has 2 nitrogen and oxygen atoms in total. The van der Waals surface area contributed by atoms with Crippen LogP contribution in [0.15, 0.2) is 12.1 Å². The molecule has 0 saturated carbocycles. The Morgan fingerprint density at radius 2 is 2.11 bits per heavy atom. The highest BCUT2D eigenvalue weighted by molar-refractivity contribution is 7.19. The van der Waals surface area contributed by atoms with Gasteiger partial charge in [0, 0.05) is 10.3 Å². The number of aryl methyl sites for hydroxylation is 1. The van der Waals surface area contributed by atoms with Crippen molar-refractivity contribution in [2.24, 2.45) is 0 Å². The summed E-state index contributed by atoms with van der Waals surface area (Å²) < 4.78 is 0. The van der Waals surface area contributed by atoms with Crippen molar-refractivity contribution >= 4 is 39.2 Å². The molecule has 4 heteroatoms. The van der Waals surface area contributed by atoms with Crippen molar-refractivity contribution in [1.29, 1.82) is 0 Å². The van der Waals surface area contributed by atoms with Gasteiger partial charge in [0.15, 0.2) is 0 Å². The molecule has 0 amide bonds. The number of unbranched alkanes of at least 4 members (excludes halogenated alkanes) is 4. The number of fused-ring (bicyclic) bond motifs is 1. The van der Waals surface area contributed by atoms with Gasteiger partial charge in [0.2, 0.25) is 0 Å². The molecule has 102 valence electrons. The molecule has 0 atom stereocenters. The molecule has 2 aromatic rings. The third kappa shape index (κ3) is 4.02. The molecular weight excluding hydrogens is 276 g/mol. The van der Waals surface area contributed by atoms with E-state index in [1.165, 1.54) is 30.6 Å². The number of nitrogens with zero attached hydrogens (tertiary/aromatic N) is 2. The van der Waals surface area contributed by atoms with Gasteiger partial charge in [-0.25, -0.2) is 9.97 Å². The highest BCUT2D eigenvalue weighted by Gasteiger charge is 2.07. The van der Waals surface area contributed by atoms with Crippen molar-refractivity contribution in [1.82, 2.24) is 9.97 Å². The van der Waals surface area contributed by atoms with Gasteiger partial charge in [0.25, 0.3) is 0 Å². The third-order valence-corrected chi connectivity index (χ3v) is 4.27. The SMILES string of the molecule is CCCCCC/C=C/c1cc2c(Cl)nc(C)nc2s1. The first kappa shape index (κ1) is 14.5. The summed E-state index contributed by atoms with van der Waals surface area (Å²) in [6.45, 7) is 4.11. The summed E-state index contributed by atoms with van der Waals surface area (Å²) in [4.78, 5) is 10.8. The van der Waals surface area contributed by atoms with E-state index in [4.69, 9.17) is 11.6 Å². The van der Waals surface area contributed by atoms with Crippen LogP contribution in [0.25, 0.3) is 16.3 Å². The monoisotopic (exact) mass is 294 g/mol. The van der Waals surface area contributed by atoms with E-state index < -0.39 is 0 Å². The molecule has 0 aliphatic carbocycles. The van der Waals surface area contributed by atoms with Gasteiger partial charge in [-0.1, -0.05) is 43.9 Å². The van der Waals surface area contributed by atoms with Crippen LogP contribution in [0.3, 0.4) is 0 Å². The number of aromatic nitrogens is 2. The van der Waals surface area contributed by atoms with E-state index in [0.29, 0.717) is 5.15 Å². The molecule has 0 saturated heterocycles. The van der Waals surface area contributed by atoms with Crippen molar-refractivity contribution in [3.8, 4) is 0 Å². The van der Waals surface area contributed by atoms with Crippen LogP contribution >= 0.6 is 22.9 Å². The van der Waals surface area contributed by atoms with Crippen LogP contribution in [-0.4, -0.2) is 9.97 Å². The second kappa shape index (κ2) is 7.01. The normalized spacial score (nSPS) is 11.7. The highest BCUT2D eigenvalue weighted by Crippen LogP contribution is 2.29. The fraction of sp³-hybridized carbons (Fsp3) is 0.467. The summed E-state index contributed by atoms with van der Waals surface area (Å²) in [6, 6.07) is 2.07. The maximum absolute atomic E-state index is 6.13. The zero-order valence-corrected chi connectivity index (χ0v) is 13.0. The summed E-state index contributed by atoms with van der Waals surface area (Å²) in [5.74, 6) is 0.731. The first-order chi connectivity index (χ1) is 9.20. The Bertz CT molecular complexity index is 575. The quantitative estimate of drug-likeness (QED) is 0.509. The van der Waals surface area contributed by atoms with Gasteiger partial charge in [-0.15, -0.1) is 11.3 Å². The van der Waals surface area contributed by atoms with Gasteiger partial charge < -0.3 is 0 Å². The molecule has 2 heterocycles. The largest absolute Gasteiger partial charge is 0.222 e. The molecule has 0 bridgehead atoms. The second-order valence-electron chi connectivity index (χ2n) is 4.68. The molecule has 0 aliphatic rings. The average Bonchev–Trinajstić information content (AvgIpc) is 2.76. The van der Waals surface area contributed by atoms with Crippen molar-refractivity contribution < 1.29 is 0 Å². The fourth-order valence-corrected chi connectivity index (χ4v) is 3.31. The van der Waals surface area contributed by atoms with E-state index in [9.17, 15) is 0 Å². The smallest absolute Gasteiger partial charge is 0.141 e. The van der Waals surface area contributed by atoms with E-state index in [0.717, 1.165) is 22.5 Å². The molecule has 0 unspecified atom stereocenters. The Balaban J connectivity index is 2.01. The lowest BCUT2D eigenvalue weighted by Crippen LogP contribution is -1.86. The summed E-state index contributed by atoms with van der Waals surface area (Å²) in [6.07, 6.45) is 10.8. The van der Waals surface area contributed by atoms with Gasteiger partial charge in [-0.3, -0.25) is 0 Å². The van der Waals surface area contributed by atoms with E-state index in [1.807, 2.05) is 6.92 Å². The van der Waals surface area contributed by atoms with E-state index in [2.05, 4.69) is 35.1 Å². The highest BCUT2D eigenvalue weighted by atomic mass is 35.5. The van der Waals surface area contributed by atoms with Crippen LogP contribution in [0, 0.1) is 6.92 Å². The number of hydrogen-bond donors (Lipinski definition) is 0. The van der Waals surface area contributed by atoms with Gasteiger partial charge in [-0.2, -0.15) is 0 Å². The van der Waals surface area contributed by atoms with Crippen molar-refractivity contribution in [3.05, 3.63) is 28.0 Å². The first-order valence-corrected chi connectivity index (χ1v) is 8.00. The number of hydrogen-bond acceptors (Lipinski definition) is 3. The fourth-order valence-electron chi connectivity index (χ4n) is 1.98. The molecule has 0 N–H and O–H groups in total. The summed E-state index contributed by atoms with van der Waals surface area (Å²) >= 11 is 7.80. The van der Waals surface area contributed by atoms with Gasteiger partial charge >= 0.3 is 0 Å². The van der Waals surface area contributed by atoms with Crippen LogP contribution in [0.4, 0.5) is 0 Å². The molecule has 2 aromatic heterocycles. The summed E-state index contributed by atoms with van der Waals surface area (Å²) in [5.41, 5.74) is 0. The van der Waals surface area contributed by atoms with Crippen LogP contribution in [0.2, 0.25) is 5.15 Å². The first-order valence-electron chi connectivity index (χ1n) is 6.81. The summed E-state index contributed by atoms with van der Waals surface area (Å²) in [5, 5.41) is 1.52. The standard InChI is InChI=1S/C15H19ClN2S/c1-3-4-5-6-7-8-9-12-10-13-14(16)17-11(2)18-15(13)19-12/h8-10H,3-7H2,1-2H3/b9-8+. The number of thiophene rings is 1. The van der Waals surface area contributed by atoms with E-state index in [-0.39, 0.29) is 0 Å². The Morgan fingerprint density at radius 3 is 2.89 bits per heavy atom. The number of halogens is 1. The van der Waals surface area contributed by atoms with Crippen molar-refractivity contribution in [3.63, 3.8) is 0 Å². The maximum atomic E-state index is 6.13. The average molecular weight is 295 g/mol. The predicted octanol–water partition coefficient (Wildman–Crippen LogP) is 5.64. The Labute approximate surface area is 123 Å². The van der Waals surface area contributed by atoms with E-state index in [1.54, 1.807) is 11.3 Å². The van der Waals surface area contributed by atoms with Crippen LogP contribution in [0.5, 0.6) is 0 Å². The Hall–Kier alpha value is -0.930. The minimum Gasteiger partial charge on any atom is -0.222 e. The molecule has 19 heavy (non-hydrogen) atoms. The van der Waals surface area contributed by atoms with Crippen LogP contribution < -0.4 is 0 Å². The van der Waals surface area contributed by atoms with Crippen molar-refractivity contribution in [2.75, 3.05) is 0 Å². The van der Waals surface area contributed by atoms with Crippen LogP contribution in [-0.2, 0) is 0 Å². The molecule has 0 aliphatic heterocycles. The number of rotatable bonds is 6. The lowest BCUT2D eigenvalue weighted by molar-refractivity contribution is 0.675. The third-order valence-electron chi connectivity index (χ3n) is 2.98. The predicted molar refractivity (Wildman–Crippen MR) is 85.0 cm³/mol. The Kier molecular flexibility index (Phi) is 5.34. The van der Waals surface area contributed by atoms with Crippen molar-refractivity contribution in [2.45, 2.75) is 46.0 Å². The van der Waals surface area contributed by atoms with E-state index >= 15 is 0 Å². The van der Waals surface area contributed by atoms with Gasteiger partial charge in [0.1, 0.15) is 15.8 Å². The molecule has 0 fully saturated rings. The molecule has 0 aromatic carbocycles. The number of allylic oxidation sites excluding steroid dienone is 1. The second-order valence-corrected chi connectivity index (χ2v) is 6.10. The van der Waals surface area contributed by atoms with Crippen LogP contribution in [0.1, 0.15) is 49.7 Å². The lowest BCUT2D eigenvalue weighted by atomic mass is 10.1. The minimum absolute atomic E-state index is 0.557. The Morgan fingerprint density at radius 1 is 1.26 bits per heavy atom. The maximum Gasteiger partial charge on any atom is 0.141 e. The topological polar surface area (TPSA) is 25.8 Å². The van der Waals surface area contributed by atoms with Gasteiger partial charge in [-0.05, 0) is 31.9 Å². The zero-order valence-electron chi connectivity index (χ0n) is 11.4.